The highest BCUT2D eigenvalue weighted by Crippen LogP contribution is 2.14. The molecule has 1 amide bonds. The fraction of sp³-hybridized carbons (Fsp3) is 0.133. The van der Waals surface area contributed by atoms with E-state index in [0.29, 0.717) is 12.0 Å². The van der Waals surface area contributed by atoms with Crippen LogP contribution in [0.15, 0.2) is 36.4 Å². The molecule has 0 fully saturated rings. The van der Waals surface area contributed by atoms with Gasteiger partial charge in [0.25, 0.3) is 5.91 Å². The van der Waals surface area contributed by atoms with Crippen molar-refractivity contribution in [3.63, 3.8) is 0 Å². The lowest BCUT2D eigenvalue weighted by atomic mass is 10.1. The van der Waals surface area contributed by atoms with Crippen molar-refractivity contribution in [2.75, 3.05) is 5.32 Å². The zero-order valence-electron chi connectivity index (χ0n) is 10.8. The molecule has 1 aromatic carbocycles. The average Bonchev–Trinajstić information content (AvgIpc) is 2.43. The number of aryl methyl sites for hydroxylation is 2. The van der Waals surface area contributed by atoms with Crippen molar-refractivity contribution in [2.24, 2.45) is 0 Å². The topological polar surface area (TPSA) is 59.1 Å². The number of hydrogen-bond acceptors (Lipinski definition) is 3. The summed E-state index contributed by atoms with van der Waals surface area (Å²) < 4.78 is 0. The van der Waals surface area contributed by atoms with E-state index in [4.69, 9.17) is 0 Å². The number of aldehydes is 1. The maximum atomic E-state index is 12.0. The molecule has 2 rings (SSSR count). The van der Waals surface area contributed by atoms with E-state index in [2.05, 4.69) is 10.3 Å². The van der Waals surface area contributed by atoms with Crippen LogP contribution in [0, 0.1) is 13.8 Å². The molecule has 0 atom stereocenters. The number of hydrogen-bond donors (Lipinski definition) is 1. The zero-order chi connectivity index (χ0) is 13.8. The highest BCUT2D eigenvalue weighted by atomic mass is 16.2. The fourth-order valence-corrected chi connectivity index (χ4v) is 1.66. The molecule has 1 aromatic heterocycles. The van der Waals surface area contributed by atoms with Crippen molar-refractivity contribution in [3.05, 3.63) is 58.9 Å². The molecule has 0 aliphatic rings. The number of nitrogens with one attached hydrogen (secondary N) is 1. The van der Waals surface area contributed by atoms with Gasteiger partial charge in [0.2, 0.25) is 0 Å². The molecule has 1 heterocycles. The number of aromatic nitrogens is 1. The van der Waals surface area contributed by atoms with Gasteiger partial charge in [-0.15, -0.1) is 0 Å². The summed E-state index contributed by atoms with van der Waals surface area (Å²) in [6.07, 6.45) is 0.618. The minimum Gasteiger partial charge on any atom is -0.321 e. The second-order valence-electron chi connectivity index (χ2n) is 4.32. The molecule has 96 valence electrons. The van der Waals surface area contributed by atoms with E-state index in [0.717, 1.165) is 5.56 Å². The van der Waals surface area contributed by atoms with Crippen molar-refractivity contribution in [1.82, 2.24) is 4.98 Å². The molecule has 19 heavy (non-hydrogen) atoms. The van der Waals surface area contributed by atoms with Crippen LogP contribution in [0.5, 0.6) is 0 Å². The number of anilines is 1. The van der Waals surface area contributed by atoms with Gasteiger partial charge < -0.3 is 5.32 Å². The molecule has 0 spiro atoms. The smallest absolute Gasteiger partial charge is 0.274 e. The van der Waals surface area contributed by atoms with Gasteiger partial charge in [-0.1, -0.05) is 12.1 Å². The molecule has 1 N–H and O–H groups in total. The summed E-state index contributed by atoms with van der Waals surface area (Å²) >= 11 is 0. The van der Waals surface area contributed by atoms with Gasteiger partial charge >= 0.3 is 0 Å². The van der Waals surface area contributed by atoms with Gasteiger partial charge in [0, 0.05) is 5.69 Å². The highest BCUT2D eigenvalue weighted by Gasteiger charge is 2.08. The molecule has 0 aliphatic heterocycles. The average molecular weight is 254 g/mol. The number of carbonyl (C=O) groups excluding carboxylic acids is 2. The summed E-state index contributed by atoms with van der Waals surface area (Å²) in [5, 5.41) is 2.76. The zero-order valence-corrected chi connectivity index (χ0v) is 10.8. The maximum Gasteiger partial charge on any atom is 0.274 e. The summed E-state index contributed by atoms with van der Waals surface area (Å²) in [6, 6.07) is 10.4. The van der Waals surface area contributed by atoms with E-state index in [1.807, 2.05) is 32.0 Å². The number of rotatable bonds is 3. The van der Waals surface area contributed by atoms with Crippen LogP contribution in [-0.2, 0) is 0 Å². The van der Waals surface area contributed by atoms with Gasteiger partial charge in [0.1, 0.15) is 11.4 Å². The Balaban J connectivity index is 2.20. The Labute approximate surface area is 111 Å². The first-order valence-electron chi connectivity index (χ1n) is 5.91. The predicted molar refractivity (Wildman–Crippen MR) is 73.5 cm³/mol. The van der Waals surface area contributed by atoms with Crippen LogP contribution < -0.4 is 5.32 Å². The Morgan fingerprint density at radius 3 is 2.63 bits per heavy atom. The lowest BCUT2D eigenvalue weighted by Crippen LogP contribution is -2.14. The van der Waals surface area contributed by atoms with Crippen molar-refractivity contribution >= 4 is 17.9 Å². The first kappa shape index (κ1) is 13.0. The molecule has 2 aromatic rings. The van der Waals surface area contributed by atoms with Crippen molar-refractivity contribution in [3.8, 4) is 0 Å². The summed E-state index contributed by atoms with van der Waals surface area (Å²) in [6.45, 7) is 3.99. The van der Waals surface area contributed by atoms with Crippen molar-refractivity contribution in [1.29, 1.82) is 0 Å². The Morgan fingerprint density at radius 1 is 1.16 bits per heavy atom. The molecule has 0 aliphatic carbocycles. The van der Waals surface area contributed by atoms with Gasteiger partial charge in [-0.2, -0.15) is 0 Å². The Bertz CT molecular complexity index is 636. The molecule has 0 radical (unpaired) electrons. The van der Waals surface area contributed by atoms with Crippen molar-refractivity contribution in [2.45, 2.75) is 13.8 Å². The normalized spacial score (nSPS) is 10.0. The third kappa shape index (κ3) is 3.04. The Morgan fingerprint density at radius 2 is 1.95 bits per heavy atom. The first-order chi connectivity index (χ1) is 9.10. The van der Waals surface area contributed by atoms with Crippen LogP contribution in [0.2, 0.25) is 0 Å². The summed E-state index contributed by atoms with van der Waals surface area (Å²) in [5.74, 6) is -0.327. The van der Waals surface area contributed by atoms with E-state index in [-0.39, 0.29) is 17.3 Å². The van der Waals surface area contributed by atoms with E-state index >= 15 is 0 Å². The number of pyridine rings is 1. The molecular formula is C15H14N2O2. The van der Waals surface area contributed by atoms with Gasteiger partial charge in [-0.05, 0) is 49.2 Å². The van der Waals surface area contributed by atoms with Gasteiger partial charge in [-0.25, -0.2) is 4.98 Å². The maximum absolute atomic E-state index is 12.0. The molecule has 4 nitrogen and oxygen atoms in total. The van der Waals surface area contributed by atoms with Crippen LogP contribution in [0.25, 0.3) is 0 Å². The largest absolute Gasteiger partial charge is 0.321 e. The van der Waals surface area contributed by atoms with E-state index in [9.17, 15) is 9.59 Å². The number of amides is 1. The first-order valence-corrected chi connectivity index (χ1v) is 5.91. The summed E-state index contributed by atoms with van der Waals surface area (Å²) in [7, 11) is 0. The predicted octanol–water partition coefficient (Wildman–Crippen LogP) is 2.76. The quantitative estimate of drug-likeness (QED) is 0.857. The van der Waals surface area contributed by atoms with E-state index in [1.54, 1.807) is 18.2 Å². The second kappa shape index (κ2) is 5.44. The fourth-order valence-electron chi connectivity index (χ4n) is 1.66. The highest BCUT2D eigenvalue weighted by molar-refractivity contribution is 6.03. The minimum absolute atomic E-state index is 0.225. The Kier molecular flexibility index (Phi) is 3.71. The molecule has 0 saturated carbocycles. The lowest BCUT2D eigenvalue weighted by Gasteiger charge is -2.07. The third-order valence-electron chi connectivity index (χ3n) is 2.89. The number of carbonyl (C=O) groups is 2. The lowest BCUT2D eigenvalue weighted by molar-refractivity contribution is 0.102. The van der Waals surface area contributed by atoms with E-state index in [1.165, 1.54) is 5.56 Å². The molecule has 4 heteroatoms. The Hall–Kier alpha value is -2.49. The standard InChI is InChI=1S/C15H14N2O2/c1-10-6-7-12(8-11(10)2)17-15(19)14-5-3-4-13(9-18)16-14/h3-9H,1-2H3,(H,17,19). The minimum atomic E-state index is -0.327. The van der Waals surface area contributed by atoms with Crippen LogP contribution in [0.1, 0.15) is 32.1 Å². The molecular weight excluding hydrogens is 240 g/mol. The van der Waals surface area contributed by atoms with E-state index < -0.39 is 0 Å². The number of nitrogens with zero attached hydrogens (tertiary/aromatic N) is 1. The summed E-state index contributed by atoms with van der Waals surface area (Å²) in [4.78, 5) is 26.6. The second-order valence-corrected chi connectivity index (χ2v) is 4.32. The SMILES string of the molecule is Cc1ccc(NC(=O)c2cccc(C=O)n2)cc1C. The van der Waals surface area contributed by atoms with Crippen LogP contribution in [0.3, 0.4) is 0 Å². The monoisotopic (exact) mass is 254 g/mol. The van der Waals surface area contributed by atoms with Gasteiger partial charge in [0.05, 0.1) is 0 Å². The third-order valence-corrected chi connectivity index (χ3v) is 2.89. The molecule has 0 unspecified atom stereocenters. The van der Waals surface area contributed by atoms with Crippen LogP contribution in [-0.4, -0.2) is 17.2 Å². The molecule has 0 saturated heterocycles. The van der Waals surface area contributed by atoms with Crippen LogP contribution >= 0.6 is 0 Å². The van der Waals surface area contributed by atoms with Gasteiger partial charge in [-0.3, -0.25) is 9.59 Å². The van der Waals surface area contributed by atoms with Crippen molar-refractivity contribution < 1.29 is 9.59 Å². The number of benzene rings is 1. The van der Waals surface area contributed by atoms with Crippen LogP contribution in [0.4, 0.5) is 5.69 Å². The summed E-state index contributed by atoms with van der Waals surface area (Å²) in [5.41, 5.74) is 3.45. The van der Waals surface area contributed by atoms with Gasteiger partial charge in [0.15, 0.2) is 6.29 Å². The molecule has 0 bridgehead atoms.